The topological polar surface area (TPSA) is 86.4 Å². The zero-order chi connectivity index (χ0) is 12.8. The van der Waals surface area contributed by atoms with E-state index in [2.05, 4.69) is 15.0 Å². The summed E-state index contributed by atoms with van der Waals surface area (Å²) in [6, 6.07) is 0.242. The van der Waals surface area contributed by atoms with E-state index in [-0.39, 0.29) is 18.1 Å². The number of rotatable bonds is 6. The van der Waals surface area contributed by atoms with E-state index in [0.29, 0.717) is 19.1 Å². The van der Waals surface area contributed by atoms with Gasteiger partial charge < -0.3 is 20.1 Å². The van der Waals surface area contributed by atoms with Crippen LogP contribution in [0.3, 0.4) is 0 Å². The van der Waals surface area contributed by atoms with E-state index < -0.39 is 0 Å². The third-order valence-electron chi connectivity index (χ3n) is 1.93. The SMILES string of the molecule is COCCN(C)c1nc(N)nc(OC(C)C)n1. The van der Waals surface area contributed by atoms with E-state index in [1.54, 1.807) is 7.11 Å². The Balaban J connectivity index is 2.81. The zero-order valence-electron chi connectivity index (χ0n) is 10.7. The van der Waals surface area contributed by atoms with Crippen molar-refractivity contribution in [3.63, 3.8) is 0 Å². The van der Waals surface area contributed by atoms with Crippen LogP contribution in [-0.4, -0.2) is 48.4 Å². The molecule has 0 saturated heterocycles. The summed E-state index contributed by atoms with van der Waals surface area (Å²) in [6.07, 6.45) is -0.00562. The largest absolute Gasteiger partial charge is 0.461 e. The average Bonchev–Trinajstić information content (AvgIpc) is 2.24. The second-order valence-corrected chi connectivity index (χ2v) is 3.86. The number of nitrogen functional groups attached to an aromatic ring is 1. The second-order valence-electron chi connectivity index (χ2n) is 3.86. The first kappa shape index (κ1) is 13.4. The third-order valence-corrected chi connectivity index (χ3v) is 1.93. The van der Waals surface area contributed by atoms with Crippen molar-refractivity contribution in [1.29, 1.82) is 0 Å². The third kappa shape index (κ3) is 4.39. The maximum atomic E-state index is 5.60. The van der Waals surface area contributed by atoms with Gasteiger partial charge in [-0.1, -0.05) is 0 Å². The van der Waals surface area contributed by atoms with Gasteiger partial charge in [0.1, 0.15) is 0 Å². The van der Waals surface area contributed by atoms with Crippen LogP contribution >= 0.6 is 0 Å². The molecule has 1 rings (SSSR count). The van der Waals surface area contributed by atoms with Gasteiger partial charge in [0.15, 0.2) is 0 Å². The smallest absolute Gasteiger partial charge is 0.323 e. The summed E-state index contributed by atoms with van der Waals surface area (Å²) in [5.41, 5.74) is 5.60. The van der Waals surface area contributed by atoms with Gasteiger partial charge in [-0.3, -0.25) is 0 Å². The first-order chi connectivity index (χ1) is 8.02. The summed E-state index contributed by atoms with van der Waals surface area (Å²) in [5, 5.41) is 0. The first-order valence-corrected chi connectivity index (χ1v) is 5.41. The Morgan fingerprint density at radius 1 is 1.29 bits per heavy atom. The van der Waals surface area contributed by atoms with Gasteiger partial charge in [-0.05, 0) is 13.8 Å². The highest BCUT2D eigenvalue weighted by molar-refractivity contribution is 5.34. The van der Waals surface area contributed by atoms with Crippen LogP contribution in [0.1, 0.15) is 13.8 Å². The van der Waals surface area contributed by atoms with Crippen LogP contribution in [0.5, 0.6) is 6.01 Å². The molecule has 0 aliphatic heterocycles. The molecule has 96 valence electrons. The summed E-state index contributed by atoms with van der Waals surface area (Å²) in [7, 11) is 3.50. The van der Waals surface area contributed by atoms with Gasteiger partial charge in [-0.25, -0.2) is 0 Å². The van der Waals surface area contributed by atoms with Crippen LogP contribution in [0.4, 0.5) is 11.9 Å². The number of nitrogens with zero attached hydrogens (tertiary/aromatic N) is 4. The van der Waals surface area contributed by atoms with E-state index in [1.807, 2.05) is 25.8 Å². The molecule has 0 saturated carbocycles. The molecule has 7 heteroatoms. The van der Waals surface area contributed by atoms with Crippen LogP contribution in [0.2, 0.25) is 0 Å². The van der Waals surface area contributed by atoms with E-state index >= 15 is 0 Å². The summed E-state index contributed by atoms with van der Waals surface area (Å²) < 4.78 is 10.4. The number of ether oxygens (including phenoxy) is 2. The predicted octanol–water partition coefficient (Wildman–Crippen LogP) is 0.324. The maximum absolute atomic E-state index is 5.60. The van der Waals surface area contributed by atoms with Gasteiger partial charge >= 0.3 is 6.01 Å². The minimum absolute atomic E-state index is 0.00562. The molecule has 2 N–H and O–H groups in total. The number of methoxy groups -OCH3 is 1. The Labute approximate surface area is 101 Å². The number of likely N-dealkylation sites (N-methyl/N-ethyl adjacent to an activating group) is 1. The number of hydrogen-bond donors (Lipinski definition) is 1. The van der Waals surface area contributed by atoms with Crippen LogP contribution in [0.25, 0.3) is 0 Å². The minimum atomic E-state index is -0.00562. The van der Waals surface area contributed by atoms with Crippen molar-refractivity contribution in [2.24, 2.45) is 0 Å². The van der Waals surface area contributed by atoms with Crippen molar-refractivity contribution in [2.45, 2.75) is 20.0 Å². The number of aromatic nitrogens is 3. The van der Waals surface area contributed by atoms with Crippen molar-refractivity contribution in [3.05, 3.63) is 0 Å². The Morgan fingerprint density at radius 3 is 2.59 bits per heavy atom. The highest BCUT2D eigenvalue weighted by Gasteiger charge is 2.10. The molecule has 17 heavy (non-hydrogen) atoms. The first-order valence-electron chi connectivity index (χ1n) is 5.41. The van der Waals surface area contributed by atoms with E-state index in [0.717, 1.165) is 0 Å². The van der Waals surface area contributed by atoms with Gasteiger partial charge in [0.2, 0.25) is 11.9 Å². The predicted molar refractivity (Wildman–Crippen MR) is 65.1 cm³/mol. The van der Waals surface area contributed by atoms with Crippen LogP contribution in [0.15, 0.2) is 0 Å². The van der Waals surface area contributed by atoms with Crippen molar-refractivity contribution in [1.82, 2.24) is 15.0 Å². The highest BCUT2D eigenvalue weighted by atomic mass is 16.5. The Bertz CT molecular complexity index is 359. The van der Waals surface area contributed by atoms with E-state index in [1.165, 1.54) is 0 Å². The maximum Gasteiger partial charge on any atom is 0.323 e. The molecule has 1 heterocycles. The molecule has 0 atom stereocenters. The van der Waals surface area contributed by atoms with Gasteiger partial charge in [0.25, 0.3) is 0 Å². The van der Waals surface area contributed by atoms with E-state index in [9.17, 15) is 0 Å². The average molecular weight is 241 g/mol. The molecule has 0 amide bonds. The lowest BCUT2D eigenvalue weighted by atomic mass is 10.5. The summed E-state index contributed by atoms with van der Waals surface area (Å²) in [4.78, 5) is 14.0. The quantitative estimate of drug-likeness (QED) is 0.767. The molecule has 0 unspecified atom stereocenters. The van der Waals surface area contributed by atoms with Gasteiger partial charge in [-0.15, -0.1) is 0 Å². The van der Waals surface area contributed by atoms with Gasteiger partial charge in [-0.2, -0.15) is 15.0 Å². The number of nitrogens with two attached hydrogens (primary N) is 1. The molecule has 0 radical (unpaired) electrons. The minimum Gasteiger partial charge on any atom is -0.461 e. The Kier molecular flexibility index (Phi) is 4.89. The molecular weight excluding hydrogens is 222 g/mol. The number of hydrogen-bond acceptors (Lipinski definition) is 7. The van der Waals surface area contributed by atoms with Crippen LogP contribution in [0, 0.1) is 0 Å². The standard InChI is InChI=1S/C10H19N5O2/c1-7(2)17-10-13-8(11)12-9(14-10)15(3)5-6-16-4/h7H,5-6H2,1-4H3,(H2,11,12,13,14). The fraction of sp³-hybridized carbons (Fsp3) is 0.700. The van der Waals surface area contributed by atoms with Gasteiger partial charge in [0.05, 0.1) is 12.7 Å². The van der Waals surface area contributed by atoms with Crippen LogP contribution < -0.4 is 15.4 Å². The highest BCUT2D eigenvalue weighted by Crippen LogP contribution is 2.12. The van der Waals surface area contributed by atoms with Crippen molar-refractivity contribution >= 4 is 11.9 Å². The molecule has 0 bridgehead atoms. The van der Waals surface area contributed by atoms with Crippen molar-refractivity contribution in [2.75, 3.05) is 37.9 Å². The summed E-state index contributed by atoms with van der Waals surface area (Å²) >= 11 is 0. The van der Waals surface area contributed by atoms with Gasteiger partial charge in [0, 0.05) is 20.7 Å². The fourth-order valence-corrected chi connectivity index (χ4v) is 1.12. The zero-order valence-corrected chi connectivity index (χ0v) is 10.7. The lowest BCUT2D eigenvalue weighted by Crippen LogP contribution is -2.25. The number of anilines is 2. The van der Waals surface area contributed by atoms with Crippen molar-refractivity contribution in [3.8, 4) is 6.01 Å². The van der Waals surface area contributed by atoms with Crippen molar-refractivity contribution < 1.29 is 9.47 Å². The Hall–Kier alpha value is -1.63. The fourth-order valence-electron chi connectivity index (χ4n) is 1.12. The molecule has 0 fully saturated rings. The second kappa shape index (κ2) is 6.19. The lowest BCUT2D eigenvalue weighted by molar-refractivity contribution is 0.205. The molecule has 7 nitrogen and oxygen atoms in total. The lowest BCUT2D eigenvalue weighted by Gasteiger charge is -2.17. The molecule has 0 spiro atoms. The molecule has 0 aliphatic rings. The summed E-state index contributed by atoms with van der Waals surface area (Å²) in [5.74, 6) is 0.625. The molecule has 1 aromatic rings. The van der Waals surface area contributed by atoms with E-state index in [4.69, 9.17) is 15.2 Å². The molecule has 0 aliphatic carbocycles. The molecular formula is C10H19N5O2. The summed E-state index contributed by atoms with van der Waals surface area (Å²) in [6.45, 7) is 5.05. The Morgan fingerprint density at radius 2 is 2.00 bits per heavy atom. The molecule has 0 aromatic carbocycles. The molecule has 1 aromatic heterocycles. The monoisotopic (exact) mass is 241 g/mol. The normalized spacial score (nSPS) is 10.6. The van der Waals surface area contributed by atoms with Crippen LogP contribution in [-0.2, 0) is 4.74 Å².